The lowest BCUT2D eigenvalue weighted by Crippen LogP contribution is -2.12. The van der Waals surface area contributed by atoms with Gasteiger partial charge in [0.25, 0.3) is 0 Å². The van der Waals surface area contributed by atoms with Gasteiger partial charge in [-0.3, -0.25) is 0 Å². The Morgan fingerprint density at radius 1 is 1.00 bits per heavy atom. The van der Waals surface area contributed by atoms with Crippen molar-refractivity contribution >= 4 is 21.6 Å². The third kappa shape index (κ3) is 3.49. The molecule has 0 saturated carbocycles. The standard InChI is InChI=1S/C18H20N2S/c1-13(2)15-9-7-14(8-10-15)11-19-12-18-20-16-5-3-4-6-17(16)21-18/h3-10,13,19H,11-12H2,1-2H3. The predicted octanol–water partition coefficient (Wildman–Crippen LogP) is 4.71. The molecule has 0 fully saturated rings. The number of para-hydroxylation sites is 1. The summed E-state index contributed by atoms with van der Waals surface area (Å²) in [7, 11) is 0. The third-order valence-corrected chi connectivity index (χ3v) is 4.63. The van der Waals surface area contributed by atoms with Gasteiger partial charge < -0.3 is 5.32 Å². The highest BCUT2D eigenvalue weighted by Gasteiger charge is 2.03. The van der Waals surface area contributed by atoms with Crippen LogP contribution in [0.1, 0.15) is 35.9 Å². The molecule has 0 aliphatic heterocycles. The molecule has 3 rings (SSSR count). The molecule has 0 atom stereocenters. The van der Waals surface area contributed by atoms with Crippen LogP contribution in [0.15, 0.2) is 48.5 Å². The molecule has 0 amide bonds. The van der Waals surface area contributed by atoms with Crippen molar-refractivity contribution in [1.29, 1.82) is 0 Å². The van der Waals surface area contributed by atoms with E-state index in [-0.39, 0.29) is 0 Å². The maximum Gasteiger partial charge on any atom is 0.108 e. The van der Waals surface area contributed by atoms with Gasteiger partial charge in [0.1, 0.15) is 5.01 Å². The Morgan fingerprint density at radius 2 is 1.76 bits per heavy atom. The molecular weight excluding hydrogens is 276 g/mol. The molecule has 2 nitrogen and oxygen atoms in total. The van der Waals surface area contributed by atoms with E-state index in [0.29, 0.717) is 5.92 Å². The number of aromatic nitrogens is 1. The predicted molar refractivity (Wildman–Crippen MR) is 90.7 cm³/mol. The lowest BCUT2D eigenvalue weighted by atomic mass is 10.0. The topological polar surface area (TPSA) is 24.9 Å². The SMILES string of the molecule is CC(C)c1ccc(CNCc2nc3ccccc3s2)cc1. The Labute approximate surface area is 129 Å². The number of nitrogens with one attached hydrogen (secondary N) is 1. The summed E-state index contributed by atoms with van der Waals surface area (Å²) in [6, 6.07) is 17.2. The van der Waals surface area contributed by atoms with Crippen LogP contribution in [0.25, 0.3) is 10.2 Å². The van der Waals surface area contributed by atoms with E-state index in [4.69, 9.17) is 0 Å². The number of hydrogen-bond donors (Lipinski definition) is 1. The van der Waals surface area contributed by atoms with Crippen molar-refractivity contribution in [2.75, 3.05) is 0 Å². The molecule has 1 aromatic heterocycles. The van der Waals surface area contributed by atoms with Gasteiger partial charge in [0.05, 0.1) is 10.2 Å². The van der Waals surface area contributed by atoms with E-state index in [0.717, 1.165) is 23.6 Å². The Balaban J connectivity index is 1.58. The zero-order chi connectivity index (χ0) is 14.7. The summed E-state index contributed by atoms with van der Waals surface area (Å²) in [6.07, 6.45) is 0. The van der Waals surface area contributed by atoms with Crippen LogP contribution < -0.4 is 5.32 Å². The van der Waals surface area contributed by atoms with Gasteiger partial charge in [0.15, 0.2) is 0 Å². The fourth-order valence-electron chi connectivity index (χ4n) is 2.33. The lowest BCUT2D eigenvalue weighted by molar-refractivity contribution is 0.690. The van der Waals surface area contributed by atoms with Gasteiger partial charge >= 0.3 is 0 Å². The van der Waals surface area contributed by atoms with Crippen LogP contribution in [0.4, 0.5) is 0 Å². The first-order chi connectivity index (χ1) is 10.2. The Kier molecular flexibility index (Phi) is 4.32. The minimum Gasteiger partial charge on any atom is -0.306 e. The molecule has 0 aliphatic carbocycles. The van der Waals surface area contributed by atoms with Crippen molar-refractivity contribution < 1.29 is 0 Å². The van der Waals surface area contributed by atoms with Crippen LogP contribution in [0.3, 0.4) is 0 Å². The van der Waals surface area contributed by atoms with E-state index in [9.17, 15) is 0 Å². The molecular formula is C18H20N2S. The molecule has 1 N–H and O–H groups in total. The van der Waals surface area contributed by atoms with E-state index in [1.165, 1.54) is 15.8 Å². The summed E-state index contributed by atoms with van der Waals surface area (Å²) in [4.78, 5) is 4.64. The van der Waals surface area contributed by atoms with E-state index in [1.54, 1.807) is 11.3 Å². The van der Waals surface area contributed by atoms with Gasteiger partial charge in [-0.1, -0.05) is 50.2 Å². The molecule has 2 aromatic carbocycles. The van der Waals surface area contributed by atoms with Crippen LogP contribution in [0.5, 0.6) is 0 Å². The molecule has 21 heavy (non-hydrogen) atoms. The van der Waals surface area contributed by atoms with Gasteiger partial charge in [-0.05, 0) is 29.2 Å². The summed E-state index contributed by atoms with van der Waals surface area (Å²) in [6.45, 7) is 6.15. The van der Waals surface area contributed by atoms with Crippen LogP contribution in [-0.2, 0) is 13.1 Å². The number of nitrogens with zero attached hydrogens (tertiary/aromatic N) is 1. The molecule has 0 spiro atoms. The van der Waals surface area contributed by atoms with Crippen LogP contribution in [-0.4, -0.2) is 4.98 Å². The maximum absolute atomic E-state index is 4.64. The molecule has 3 aromatic rings. The monoisotopic (exact) mass is 296 g/mol. The summed E-state index contributed by atoms with van der Waals surface area (Å²) in [5.74, 6) is 0.592. The average molecular weight is 296 g/mol. The molecule has 0 unspecified atom stereocenters. The summed E-state index contributed by atoms with van der Waals surface area (Å²) >= 11 is 1.77. The van der Waals surface area contributed by atoms with Crippen LogP contribution in [0.2, 0.25) is 0 Å². The highest BCUT2D eigenvalue weighted by atomic mass is 32.1. The minimum absolute atomic E-state index is 0.592. The van der Waals surface area contributed by atoms with Crippen molar-refractivity contribution in [3.8, 4) is 0 Å². The number of hydrogen-bond acceptors (Lipinski definition) is 3. The largest absolute Gasteiger partial charge is 0.306 e. The highest BCUT2D eigenvalue weighted by Crippen LogP contribution is 2.21. The summed E-state index contributed by atoms with van der Waals surface area (Å²) in [5, 5.41) is 4.62. The van der Waals surface area contributed by atoms with Crippen molar-refractivity contribution in [2.45, 2.75) is 32.9 Å². The molecule has 108 valence electrons. The molecule has 0 saturated heterocycles. The smallest absolute Gasteiger partial charge is 0.108 e. The normalized spacial score (nSPS) is 11.4. The van der Waals surface area contributed by atoms with Gasteiger partial charge in [-0.2, -0.15) is 0 Å². The fourth-order valence-corrected chi connectivity index (χ4v) is 3.27. The molecule has 3 heteroatoms. The van der Waals surface area contributed by atoms with Gasteiger partial charge in [0.2, 0.25) is 0 Å². The van der Waals surface area contributed by atoms with E-state index < -0.39 is 0 Å². The maximum atomic E-state index is 4.64. The van der Waals surface area contributed by atoms with E-state index in [2.05, 4.69) is 66.6 Å². The molecule has 1 heterocycles. The first kappa shape index (κ1) is 14.2. The van der Waals surface area contributed by atoms with Crippen LogP contribution in [0, 0.1) is 0 Å². The van der Waals surface area contributed by atoms with Gasteiger partial charge in [0, 0.05) is 13.1 Å². The second kappa shape index (κ2) is 6.37. The highest BCUT2D eigenvalue weighted by molar-refractivity contribution is 7.18. The quantitative estimate of drug-likeness (QED) is 0.737. The van der Waals surface area contributed by atoms with Gasteiger partial charge in [-0.15, -0.1) is 11.3 Å². The van der Waals surface area contributed by atoms with Crippen molar-refractivity contribution in [3.63, 3.8) is 0 Å². The summed E-state index contributed by atoms with van der Waals surface area (Å²) in [5.41, 5.74) is 3.81. The first-order valence-corrected chi connectivity index (χ1v) is 8.18. The minimum atomic E-state index is 0.592. The van der Waals surface area contributed by atoms with Crippen molar-refractivity contribution in [3.05, 3.63) is 64.7 Å². The number of rotatable bonds is 5. The summed E-state index contributed by atoms with van der Waals surface area (Å²) < 4.78 is 1.26. The fraction of sp³-hybridized carbons (Fsp3) is 0.278. The van der Waals surface area contributed by atoms with E-state index >= 15 is 0 Å². The van der Waals surface area contributed by atoms with Gasteiger partial charge in [-0.25, -0.2) is 4.98 Å². The number of thiazole rings is 1. The Hall–Kier alpha value is -1.71. The Morgan fingerprint density at radius 3 is 2.48 bits per heavy atom. The lowest BCUT2D eigenvalue weighted by Gasteiger charge is -2.07. The molecule has 0 bridgehead atoms. The molecule has 0 radical (unpaired) electrons. The molecule has 0 aliphatic rings. The zero-order valence-corrected chi connectivity index (χ0v) is 13.3. The van der Waals surface area contributed by atoms with E-state index in [1.807, 2.05) is 6.07 Å². The van der Waals surface area contributed by atoms with Crippen LogP contribution >= 0.6 is 11.3 Å². The third-order valence-electron chi connectivity index (χ3n) is 3.59. The average Bonchev–Trinajstić information content (AvgIpc) is 2.90. The van der Waals surface area contributed by atoms with Crippen molar-refractivity contribution in [2.24, 2.45) is 0 Å². The Bertz CT molecular complexity index is 680. The first-order valence-electron chi connectivity index (χ1n) is 7.36. The number of fused-ring (bicyclic) bond motifs is 1. The van der Waals surface area contributed by atoms with Crippen molar-refractivity contribution in [1.82, 2.24) is 10.3 Å². The second-order valence-corrected chi connectivity index (χ2v) is 6.69. The number of benzene rings is 2. The zero-order valence-electron chi connectivity index (χ0n) is 12.5. The second-order valence-electron chi connectivity index (χ2n) is 5.58.